The van der Waals surface area contributed by atoms with E-state index in [1.165, 1.54) is 26.4 Å². The Balaban J connectivity index is 0.497. The number of ketones is 3. The second-order valence-electron chi connectivity index (χ2n) is 36.3. The lowest BCUT2D eigenvalue weighted by molar-refractivity contribution is -0.265. The van der Waals surface area contributed by atoms with Gasteiger partial charge in [-0.05, 0) is 142 Å². The summed E-state index contributed by atoms with van der Waals surface area (Å²) < 4.78 is 37.5. The summed E-state index contributed by atoms with van der Waals surface area (Å²) in [4.78, 5) is 165. The van der Waals surface area contributed by atoms with Gasteiger partial charge in [-0.2, -0.15) is 10.1 Å². The van der Waals surface area contributed by atoms with Crippen LogP contribution in [0.15, 0.2) is 132 Å². The van der Waals surface area contributed by atoms with Gasteiger partial charge in [-0.1, -0.05) is 82.4 Å². The van der Waals surface area contributed by atoms with Crippen LogP contribution in [0.4, 0.5) is 34.5 Å². The molecule has 10 N–H and O–H groups in total. The number of nitrogens with one attached hydrogen (secondary N) is 1. The number of esters is 1. The molecule has 1 saturated carbocycles. The number of aliphatic hydroxyl groups excluding tert-OH is 2. The molecule has 6 aliphatic heterocycles. The van der Waals surface area contributed by atoms with Crippen LogP contribution in [0, 0.1) is 29.6 Å². The van der Waals surface area contributed by atoms with Crippen LogP contribution in [0.25, 0.3) is 33.4 Å². The number of anilines is 5. The fourth-order valence-corrected chi connectivity index (χ4v) is 19.0. The van der Waals surface area contributed by atoms with Crippen molar-refractivity contribution in [2.75, 3.05) is 106 Å². The second kappa shape index (κ2) is 42.2. The molecule has 4 amide bonds. The van der Waals surface area contributed by atoms with Gasteiger partial charge in [0.2, 0.25) is 23.6 Å². The molecule has 38 heteroatoms. The third kappa shape index (κ3) is 22.1. The largest absolute Gasteiger partial charge is 0.459 e. The Bertz CT molecular complexity index is 5680. The van der Waals surface area contributed by atoms with Crippen molar-refractivity contribution in [3.05, 3.63) is 161 Å². The maximum Gasteiger partial charge on any atom is 0.407 e. The number of amides is 4. The number of nitrogens with zero attached hydrogens (tertiary/aromatic N) is 17. The normalized spacial score (nSPS) is 27.0. The van der Waals surface area contributed by atoms with Crippen LogP contribution in [0.2, 0.25) is 0 Å². The van der Waals surface area contributed by atoms with Gasteiger partial charge in [-0.15, -0.1) is 0 Å². The van der Waals surface area contributed by atoms with Crippen molar-refractivity contribution in [2.24, 2.45) is 35.3 Å². The SMILES string of the molecule is CO[C@H]1C[C@@H]2CC[C@@H](C)[C@@](O)(O2)C(=O)C(=O)N2CCCC[C@H]2C(=O)O[C@H]([C@H](N)C[C@@H]2CC[C@@H](OC(=O)NCc3cnc(N4CCN(c5ncc(C(=O)N6CCN(c7ncc(C(=O)N8CCc9cc(Cn%10nc(-c%11ccc%12oc(N)nc%12c%11)c%11c(N)ncnc%11%10)ccc9C8)cn7)CC6)cn5)CC4)nc3)[C@H](OC)C2)CC(=O)[C@H](C)/C=C(\C)[C@@H](O)[C@@H](O)C(=O)[C@H](C)C[C@H](C)/C=C/C=CC=C1C. The van der Waals surface area contributed by atoms with Gasteiger partial charge in [0.25, 0.3) is 29.5 Å². The zero-order valence-corrected chi connectivity index (χ0v) is 76.3. The smallest absolute Gasteiger partial charge is 0.407 e. The number of nitrogen functional groups attached to an aromatic ring is 2. The third-order valence-corrected chi connectivity index (χ3v) is 27.0. The number of cyclic esters (lactones) is 1. The van der Waals surface area contributed by atoms with Gasteiger partial charge >= 0.3 is 12.1 Å². The van der Waals surface area contributed by atoms with Crippen molar-refractivity contribution in [1.29, 1.82) is 0 Å². The quantitative estimate of drug-likeness (QED) is 0.0286. The first-order valence-electron chi connectivity index (χ1n) is 45.8. The van der Waals surface area contributed by atoms with Crippen molar-refractivity contribution in [3.8, 4) is 11.3 Å². The summed E-state index contributed by atoms with van der Waals surface area (Å²) in [6.45, 7) is 15.6. The Morgan fingerprint density at radius 3 is 2.04 bits per heavy atom. The fourth-order valence-electron chi connectivity index (χ4n) is 19.0. The van der Waals surface area contributed by atoms with E-state index < -0.39 is 120 Å². The number of allylic oxidation sites excluding steroid dienone is 6. The predicted molar refractivity (Wildman–Crippen MR) is 490 cm³/mol. The zero-order valence-electron chi connectivity index (χ0n) is 76.3. The maximum atomic E-state index is 14.8. The molecule has 1 aliphatic carbocycles. The molecule has 8 aromatic rings. The van der Waals surface area contributed by atoms with Gasteiger partial charge in [0.15, 0.2) is 17.0 Å². The zero-order chi connectivity index (χ0) is 94.1. The highest BCUT2D eigenvalue weighted by molar-refractivity contribution is 6.39. The molecule has 15 atom stereocenters. The number of hydrogen-bond donors (Lipinski definition) is 7. The molecule has 12 heterocycles. The summed E-state index contributed by atoms with van der Waals surface area (Å²) in [5, 5.41) is 43.1. The summed E-state index contributed by atoms with van der Waals surface area (Å²) in [5.74, 6) is -8.04. The van der Waals surface area contributed by atoms with Crippen LogP contribution in [0.5, 0.6) is 0 Å². The molecule has 15 rings (SSSR count). The first kappa shape index (κ1) is 95.2. The summed E-state index contributed by atoms with van der Waals surface area (Å²) in [6, 6.07) is 9.53. The van der Waals surface area contributed by atoms with E-state index in [2.05, 4.69) is 62.3 Å². The minimum atomic E-state index is -2.52. The standard InChI is InChI=1S/C95H119N21O17/c1-54-14-10-9-11-15-55(2)75(128-7)42-68-22-17-59(6)95(127,133-68)83(121)88(124)115-26-13-12-16-71(115)89(125)130-76(43-72(117)56(3)37-58(5)81(119)82(120)80(118)57(4)36-54)69(96)39-60-19-23-74(77(40-60)129-8)132-94(126)105-46-62-44-99-91(100-45-62)112-32-34-113(35-33-112)93-101-47-66(48-102-93)86(122)110-28-30-111(31-29-110)92-103-49-67(50-104-92)87(123)114-27-25-63-38-61(18-20-65(63)52-114)51-116-85-78(84(97)106-53-107-85)79(109-116)64-21-24-73-70(41-64)108-90(98)131-73/h9-11,14-15,18,20-21,24,37-38,41,44-45,47-50,53-54,56-57,59-60,68-69,71,74-77,81-82,119-120,127H,12-13,16-17,19,22-23,25-36,39-40,42-43,46,51-52,96H2,1-8H3,(H2,98,108)(H,105,126)(H2,97,106,107)/b11-9?,14-10+,55-15?,58-37+/t54-,56-,57-,59-,60+,68+,69-,71+,74-,75+,76+,77-,81-,82+,95-/m1/s1. The lowest BCUT2D eigenvalue weighted by atomic mass is 9.80. The topological polar surface area (TPSA) is 500 Å². The predicted octanol–water partition coefficient (Wildman–Crippen LogP) is 7.17. The number of alkyl carbamates (subject to hydrolysis) is 1. The van der Waals surface area contributed by atoms with Gasteiger partial charge < -0.3 is 95.3 Å². The molecule has 0 spiro atoms. The van der Waals surface area contributed by atoms with Crippen molar-refractivity contribution in [2.45, 2.75) is 205 Å². The molecule has 2 aromatic carbocycles. The Morgan fingerprint density at radius 1 is 0.677 bits per heavy atom. The number of piperidine rings is 1. The minimum Gasteiger partial charge on any atom is -0.459 e. The van der Waals surface area contributed by atoms with E-state index in [1.54, 1.807) is 80.9 Å². The number of piperazine rings is 2. The first-order chi connectivity index (χ1) is 64.0. The average molecular weight is 1830 g/mol. The number of benzene rings is 2. The summed E-state index contributed by atoms with van der Waals surface area (Å²) in [6.07, 6.45) is 18.0. The number of rotatable bonds is 16. The number of methoxy groups -OCH3 is 2. The number of aliphatic hydroxyl groups is 3. The minimum absolute atomic E-state index is 0.0120. The summed E-state index contributed by atoms with van der Waals surface area (Å²) in [7, 11) is 3.06. The number of nitrogens with two attached hydrogens (primary N) is 3. The van der Waals surface area contributed by atoms with Crippen molar-refractivity contribution in [1.82, 2.24) is 74.7 Å². The van der Waals surface area contributed by atoms with E-state index in [-0.39, 0.29) is 67.6 Å². The third-order valence-electron chi connectivity index (χ3n) is 27.0. The highest BCUT2D eigenvalue weighted by atomic mass is 16.6. The van der Waals surface area contributed by atoms with E-state index in [1.807, 2.05) is 81.8 Å². The molecule has 0 unspecified atom stereocenters. The highest BCUT2D eigenvalue weighted by Crippen LogP contribution is 2.40. The summed E-state index contributed by atoms with van der Waals surface area (Å²) >= 11 is 0. The molecular weight excluding hydrogens is 1710 g/mol. The number of ether oxygens (including phenoxy) is 5. The van der Waals surface area contributed by atoms with Gasteiger partial charge in [0.1, 0.15) is 59.6 Å². The van der Waals surface area contributed by atoms with Crippen LogP contribution < -0.4 is 37.2 Å². The number of carbonyl (C=O) groups excluding carboxylic acids is 8. The molecule has 2 bridgehead atoms. The van der Waals surface area contributed by atoms with E-state index in [9.17, 15) is 53.7 Å². The van der Waals surface area contributed by atoms with Crippen LogP contribution in [0.1, 0.15) is 162 Å². The average Bonchev–Trinajstić information content (AvgIpc) is 1.75. The second-order valence-corrected chi connectivity index (χ2v) is 36.3. The Hall–Kier alpha value is -12.5. The number of carbonyl (C=O) groups is 8. The van der Waals surface area contributed by atoms with Gasteiger partial charge in [-0.25, -0.2) is 54.1 Å². The monoisotopic (exact) mass is 1830 g/mol. The van der Waals surface area contributed by atoms with E-state index >= 15 is 0 Å². The van der Waals surface area contributed by atoms with Crippen LogP contribution in [-0.2, 0) is 73.7 Å². The number of oxazole rings is 1. The number of hydrogen-bond acceptors (Lipinski definition) is 33. The molecular formula is C95H119N21O17. The Kier molecular flexibility index (Phi) is 30.2. The first-order valence-corrected chi connectivity index (χ1v) is 45.8. The fraction of sp³-hybridized carbons (Fsp3) is 0.516. The van der Waals surface area contributed by atoms with Gasteiger partial charge in [0.05, 0.1) is 41.4 Å². The molecule has 5 fully saturated rings. The van der Waals surface area contributed by atoms with Gasteiger partial charge in [0, 0.05) is 178 Å². The van der Waals surface area contributed by atoms with Crippen molar-refractivity contribution in [3.63, 3.8) is 0 Å². The van der Waals surface area contributed by atoms with Crippen LogP contribution in [0.3, 0.4) is 0 Å². The molecule has 0 radical (unpaired) electrons. The Labute approximate surface area is 770 Å². The lowest BCUT2D eigenvalue weighted by Gasteiger charge is -2.42. The van der Waals surface area contributed by atoms with Gasteiger partial charge in [-0.3, -0.25) is 28.8 Å². The molecule has 4 saturated heterocycles. The molecule has 7 aliphatic rings. The molecule has 6 aromatic heterocycles. The van der Waals surface area contributed by atoms with Crippen LogP contribution in [-0.4, -0.2) is 272 Å². The molecule has 38 nitrogen and oxygen atoms in total. The van der Waals surface area contributed by atoms with E-state index in [4.69, 9.17) is 50.4 Å². The van der Waals surface area contributed by atoms with Crippen LogP contribution >= 0.6 is 0 Å². The number of aromatic nitrogens is 11. The summed E-state index contributed by atoms with van der Waals surface area (Å²) in [5.41, 5.74) is 27.9. The molecule has 706 valence electrons. The maximum absolute atomic E-state index is 14.8. The number of fused-ring (bicyclic) bond motifs is 6. The van der Waals surface area contributed by atoms with Crippen molar-refractivity contribution < 1.29 is 81.8 Å². The molecule has 133 heavy (non-hydrogen) atoms. The lowest BCUT2D eigenvalue weighted by Crippen LogP contribution is -2.61. The highest BCUT2D eigenvalue weighted by Gasteiger charge is 2.54. The van der Waals surface area contributed by atoms with Crippen molar-refractivity contribution >= 4 is 98.9 Å². The number of Topliss-reactive ketones (excluding diaryl/α,β-unsaturated/α-hetero) is 3. The Morgan fingerprint density at radius 2 is 1.35 bits per heavy atom. The van der Waals surface area contributed by atoms with E-state index in [0.29, 0.717) is 198 Å². The van der Waals surface area contributed by atoms with E-state index in [0.717, 1.165) is 32.7 Å².